The van der Waals surface area contributed by atoms with Crippen molar-refractivity contribution in [3.63, 3.8) is 0 Å². The summed E-state index contributed by atoms with van der Waals surface area (Å²) in [6, 6.07) is 0. The van der Waals surface area contributed by atoms with Crippen molar-refractivity contribution in [1.29, 1.82) is 0 Å². The normalized spacial score (nSPS) is 0. The zero-order valence-corrected chi connectivity index (χ0v) is 10.8. The van der Waals surface area contributed by atoms with Gasteiger partial charge in [-0.2, -0.15) is 0 Å². The standard InChI is InChI=1S/2Fe.2Na.4H2O/h;;;;4*1H2/q;;2*+1;;;;/p-2. The van der Waals surface area contributed by atoms with Crippen molar-refractivity contribution < 1.29 is 115 Å². The van der Waals surface area contributed by atoms with Gasteiger partial charge in [0, 0.05) is 34.1 Å². The van der Waals surface area contributed by atoms with Gasteiger partial charge in [0.25, 0.3) is 0 Å². The van der Waals surface area contributed by atoms with Crippen molar-refractivity contribution in [2.75, 3.05) is 0 Å². The van der Waals surface area contributed by atoms with Crippen molar-refractivity contribution in [3.8, 4) is 0 Å². The molecule has 0 aromatic carbocycles. The predicted molar refractivity (Wildman–Crippen MR) is 11.1 cm³/mol. The van der Waals surface area contributed by atoms with Crippen LogP contribution in [-0.2, 0) is 34.1 Å². The van der Waals surface area contributed by atoms with E-state index < -0.39 is 0 Å². The molecule has 0 aliphatic rings. The van der Waals surface area contributed by atoms with E-state index in [0.717, 1.165) is 0 Å². The van der Waals surface area contributed by atoms with Gasteiger partial charge in [0.05, 0.1) is 0 Å². The van der Waals surface area contributed by atoms with Crippen LogP contribution in [0.3, 0.4) is 0 Å². The van der Waals surface area contributed by atoms with Crippen molar-refractivity contribution in [1.82, 2.24) is 0 Å². The summed E-state index contributed by atoms with van der Waals surface area (Å²) in [4.78, 5) is 0. The minimum absolute atomic E-state index is 0. The van der Waals surface area contributed by atoms with E-state index >= 15 is 0 Å². The summed E-state index contributed by atoms with van der Waals surface area (Å²) in [5.74, 6) is 0. The summed E-state index contributed by atoms with van der Waals surface area (Å²) >= 11 is 0. The van der Waals surface area contributed by atoms with Gasteiger partial charge in [0.1, 0.15) is 0 Å². The van der Waals surface area contributed by atoms with Gasteiger partial charge in [-0.3, -0.25) is 0 Å². The van der Waals surface area contributed by atoms with Crippen LogP contribution in [-0.4, -0.2) is 21.9 Å². The van der Waals surface area contributed by atoms with Crippen LogP contribution in [0.15, 0.2) is 0 Å². The topological polar surface area (TPSA) is 123 Å². The van der Waals surface area contributed by atoms with Crippen molar-refractivity contribution in [3.05, 3.63) is 0 Å². The molecule has 0 aliphatic heterocycles. The Morgan fingerprint density at radius 2 is 0.500 bits per heavy atom. The van der Waals surface area contributed by atoms with Crippen LogP contribution in [0.25, 0.3) is 0 Å². The van der Waals surface area contributed by atoms with E-state index in [9.17, 15) is 0 Å². The Morgan fingerprint density at radius 3 is 0.500 bits per heavy atom. The molecule has 0 aliphatic carbocycles. The Labute approximate surface area is 113 Å². The molecular weight excluding hydrogens is 222 g/mol. The number of rotatable bonds is 0. The molecule has 6 N–H and O–H groups in total. The Bertz CT molecular complexity index is 12.0. The molecule has 0 radical (unpaired) electrons. The minimum atomic E-state index is 0. The second-order valence-corrected chi connectivity index (χ2v) is 0. The van der Waals surface area contributed by atoms with Crippen LogP contribution in [0.4, 0.5) is 0 Å². The first kappa shape index (κ1) is 128. The first-order valence-corrected chi connectivity index (χ1v) is 0. The van der Waals surface area contributed by atoms with Crippen LogP contribution in [0.2, 0.25) is 0 Å². The maximum Gasteiger partial charge on any atom is 1.00 e. The van der Waals surface area contributed by atoms with Gasteiger partial charge < -0.3 is 21.9 Å². The quantitative estimate of drug-likeness (QED) is 0.382. The molecule has 0 heterocycles. The first-order chi connectivity index (χ1) is 0. The molecule has 48 valence electrons. The predicted octanol–water partition coefficient (Wildman–Crippen LogP) is -8.00. The maximum atomic E-state index is 0. The Morgan fingerprint density at radius 1 is 0.500 bits per heavy atom. The monoisotopic (exact) mass is 228 g/mol. The molecule has 0 bridgehead atoms. The van der Waals surface area contributed by atoms with Gasteiger partial charge in [0.2, 0.25) is 0 Å². The molecule has 0 rings (SSSR count). The van der Waals surface area contributed by atoms with Crippen molar-refractivity contribution >= 4 is 0 Å². The van der Waals surface area contributed by atoms with Crippen LogP contribution >= 0.6 is 0 Å². The van der Waals surface area contributed by atoms with Crippen molar-refractivity contribution in [2.45, 2.75) is 0 Å². The van der Waals surface area contributed by atoms with Gasteiger partial charge in [0.15, 0.2) is 0 Å². The fourth-order valence-electron chi connectivity index (χ4n) is 0. The largest absolute Gasteiger partial charge is 1.00 e. The molecule has 4 nitrogen and oxygen atoms in total. The summed E-state index contributed by atoms with van der Waals surface area (Å²) in [6.07, 6.45) is 0. The summed E-state index contributed by atoms with van der Waals surface area (Å²) in [6.45, 7) is 0. The van der Waals surface area contributed by atoms with E-state index in [4.69, 9.17) is 0 Å². The van der Waals surface area contributed by atoms with Crippen LogP contribution < -0.4 is 59.1 Å². The van der Waals surface area contributed by atoms with E-state index in [-0.39, 0.29) is 115 Å². The zero-order chi connectivity index (χ0) is 0. The number of hydrogen-bond acceptors (Lipinski definition) is 2. The molecule has 0 saturated heterocycles. The van der Waals surface area contributed by atoms with Crippen LogP contribution in [0.5, 0.6) is 0 Å². The van der Waals surface area contributed by atoms with E-state index in [1.807, 2.05) is 0 Å². The smallest absolute Gasteiger partial charge is 0.870 e. The third-order valence-corrected chi connectivity index (χ3v) is 0. The molecule has 0 amide bonds. The Kier molecular flexibility index (Phi) is 1500. The molecule has 0 fully saturated rings. The summed E-state index contributed by atoms with van der Waals surface area (Å²) in [5, 5.41) is 0. The second-order valence-electron chi connectivity index (χ2n) is 0. The maximum absolute atomic E-state index is 0. The fourth-order valence-corrected chi connectivity index (χ4v) is 0. The molecule has 8 heavy (non-hydrogen) atoms. The van der Waals surface area contributed by atoms with E-state index in [1.54, 1.807) is 0 Å². The third-order valence-electron chi connectivity index (χ3n) is 0. The van der Waals surface area contributed by atoms with Gasteiger partial charge in [-0.1, -0.05) is 0 Å². The van der Waals surface area contributed by atoms with Gasteiger partial charge in [-0.15, -0.1) is 0 Å². The second kappa shape index (κ2) is 94.0. The first-order valence-electron chi connectivity index (χ1n) is 0. The summed E-state index contributed by atoms with van der Waals surface area (Å²) in [7, 11) is 0. The average Bonchev–Trinajstić information content (AvgIpc) is 0. The molecule has 0 spiro atoms. The fraction of sp³-hybridized carbons (Fsp3) is 0. The van der Waals surface area contributed by atoms with Gasteiger partial charge in [-0.05, 0) is 0 Å². The summed E-state index contributed by atoms with van der Waals surface area (Å²) < 4.78 is 0. The third kappa shape index (κ3) is 66.5. The molecule has 0 atom stereocenters. The molecule has 0 saturated carbocycles. The molecule has 0 aromatic heterocycles. The Balaban J connectivity index is 0. The SMILES string of the molecule is O.O.[Fe].[Fe].[Na+].[Na+].[OH-].[OH-]. The summed E-state index contributed by atoms with van der Waals surface area (Å²) in [5.41, 5.74) is 0. The van der Waals surface area contributed by atoms with Gasteiger partial charge >= 0.3 is 59.1 Å². The van der Waals surface area contributed by atoms with Gasteiger partial charge in [-0.25, -0.2) is 0 Å². The zero-order valence-electron chi connectivity index (χ0n) is 4.60. The minimum Gasteiger partial charge on any atom is -0.870 e. The molecule has 0 aromatic rings. The van der Waals surface area contributed by atoms with E-state index in [2.05, 4.69) is 0 Å². The molecular formula is H6Fe2Na2O4. The van der Waals surface area contributed by atoms with Crippen LogP contribution in [0, 0.1) is 0 Å². The average molecular weight is 228 g/mol. The van der Waals surface area contributed by atoms with Crippen molar-refractivity contribution in [2.24, 2.45) is 0 Å². The molecule has 8 heteroatoms. The van der Waals surface area contributed by atoms with E-state index in [0.29, 0.717) is 0 Å². The van der Waals surface area contributed by atoms with Crippen LogP contribution in [0.1, 0.15) is 0 Å². The Hall–Kier alpha value is 2.88. The molecule has 0 unspecified atom stereocenters. The number of hydrogen-bond donors (Lipinski definition) is 0. The van der Waals surface area contributed by atoms with E-state index in [1.165, 1.54) is 0 Å².